The quantitative estimate of drug-likeness (QED) is 0.542. The van der Waals surface area contributed by atoms with Crippen molar-refractivity contribution < 1.29 is 9.84 Å². The molecule has 1 heterocycles. The molecule has 5 nitrogen and oxygen atoms in total. The molecule has 0 spiro atoms. The van der Waals surface area contributed by atoms with Crippen molar-refractivity contribution in [3.05, 3.63) is 59.3 Å². The second kappa shape index (κ2) is 9.19. The van der Waals surface area contributed by atoms with E-state index in [9.17, 15) is 10.4 Å². The second-order valence-corrected chi connectivity index (χ2v) is 9.26. The van der Waals surface area contributed by atoms with E-state index in [4.69, 9.17) is 4.74 Å². The molecule has 0 aliphatic heterocycles. The highest BCUT2D eigenvalue weighted by Crippen LogP contribution is 2.41. The van der Waals surface area contributed by atoms with E-state index in [1.165, 1.54) is 16.7 Å². The average Bonchev–Trinajstić information content (AvgIpc) is 3.41. The van der Waals surface area contributed by atoms with Crippen LogP contribution >= 0.6 is 11.3 Å². The van der Waals surface area contributed by atoms with Crippen molar-refractivity contribution in [3.63, 3.8) is 0 Å². The number of aromatic nitrogens is 1. The van der Waals surface area contributed by atoms with Gasteiger partial charge in [-0.15, -0.1) is 11.3 Å². The fraction of sp³-hybridized carbons (Fsp3) is 0.360. The van der Waals surface area contributed by atoms with Crippen LogP contribution in [0, 0.1) is 11.3 Å². The summed E-state index contributed by atoms with van der Waals surface area (Å²) in [7, 11) is 0. The monoisotopic (exact) mass is 433 g/mol. The predicted octanol–water partition coefficient (Wildman–Crippen LogP) is 5.09. The number of hydrogen-bond donors (Lipinski definition) is 2. The Morgan fingerprint density at radius 1 is 1.29 bits per heavy atom. The minimum absolute atomic E-state index is 0.0169. The molecule has 0 amide bonds. The molecule has 0 bridgehead atoms. The Hall–Kier alpha value is -2.72. The summed E-state index contributed by atoms with van der Waals surface area (Å²) in [6, 6.07) is 14.7. The van der Waals surface area contributed by atoms with E-state index in [1.54, 1.807) is 11.3 Å². The molecule has 0 saturated carbocycles. The van der Waals surface area contributed by atoms with Gasteiger partial charge in [-0.3, -0.25) is 0 Å². The van der Waals surface area contributed by atoms with Crippen LogP contribution in [0.5, 0.6) is 5.75 Å². The van der Waals surface area contributed by atoms with Gasteiger partial charge in [-0.2, -0.15) is 5.26 Å². The molecule has 0 radical (unpaired) electrons. The van der Waals surface area contributed by atoms with Crippen LogP contribution in [0.15, 0.2) is 42.6 Å². The van der Waals surface area contributed by atoms with Crippen LogP contribution in [0.4, 0.5) is 0 Å². The second-order valence-electron chi connectivity index (χ2n) is 8.23. The predicted molar refractivity (Wildman–Crippen MR) is 124 cm³/mol. The van der Waals surface area contributed by atoms with Crippen LogP contribution in [-0.4, -0.2) is 28.8 Å². The molecule has 1 aliphatic carbocycles. The Morgan fingerprint density at radius 2 is 2.13 bits per heavy atom. The van der Waals surface area contributed by atoms with Gasteiger partial charge in [-0.05, 0) is 68.5 Å². The fourth-order valence-electron chi connectivity index (χ4n) is 4.09. The number of thiazole rings is 1. The van der Waals surface area contributed by atoms with Gasteiger partial charge >= 0.3 is 0 Å². The molecule has 31 heavy (non-hydrogen) atoms. The van der Waals surface area contributed by atoms with Gasteiger partial charge in [0, 0.05) is 23.8 Å². The lowest BCUT2D eigenvalue weighted by Crippen LogP contribution is -2.32. The molecule has 0 saturated heterocycles. The summed E-state index contributed by atoms with van der Waals surface area (Å²) in [6.07, 6.45) is 3.99. The first-order valence-corrected chi connectivity index (χ1v) is 11.5. The molecule has 2 N–H and O–H groups in total. The molecule has 2 aromatic carbocycles. The highest BCUT2D eigenvalue weighted by atomic mass is 32.1. The molecule has 3 aromatic rings. The number of nitrogens with zero attached hydrogens (tertiary/aromatic N) is 2. The molecule has 1 aromatic heterocycles. The summed E-state index contributed by atoms with van der Waals surface area (Å²) >= 11 is 1.64. The number of ether oxygens (including phenoxy) is 1. The Bertz CT molecular complexity index is 1120. The van der Waals surface area contributed by atoms with Crippen LogP contribution in [-0.2, 0) is 6.42 Å². The van der Waals surface area contributed by atoms with Gasteiger partial charge in [0.1, 0.15) is 16.8 Å². The lowest BCUT2D eigenvalue weighted by molar-refractivity contribution is 0.240. The summed E-state index contributed by atoms with van der Waals surface area (Å²) in [5, 5.41) is 23.3. The van der Waals surface area contributed by atoms with Crippen molar-refractivity contribution in [2.24, 2.45) is 0 Å². The largest absolute Gasteiger partial charge is 0.490 e. The molecule has 6 heteroatoms. The van der Waals surface area contributed by atoms with Crippen LogP contribution in [0.2, 0.25) is 0 Å². The Morgan fingerprint density at radius 3 is 2.87 bits per heavy atom. The van der Waals surface area contributed by atoms with Gasteiger partial charge in [0.25, 0.3) is 0 Å². The number of aliphatic hydroxyl groups is 1. The first-order chi connectivity index (χ1) is 15.0. The van der Waals surface area contributed by atoms with Crippen molar-refractivity contribution in [2.45, 2.75) is 51.8 Å². The van der Waals surface area contributed by atoms with E-state index in [-0.39, 0.29) is 24.8 Å². The van der Waals surface area contributed by atoms with Crippen molar-refractivity contribution in [2.75, 3.05) is 6.61 Å². The Labute approximate surface area is 187 Å². The third-order valence-corrected chi connectivity index (χ3v) is 6.59. The molecule has 0 fully saturated rings. The van der Waals surface area contributed by atoms with Crippen LogP contribution in [0.25, 0.3) is 21.0 Å². The van der Waals surface area contributed by atoms with Gasteiger partial charge in [0.05, 0.1) is 23.2 Å². The molecule has 160 valence electrons. The Kier molecular flexibility index (Phi) is 6.38. The van der Waals surface area contributed by atoms with Crippen molar-refractivity contribution in [1.82, 2.24) is 10.3 Å². The third kappa shape index (κ3) is 4.49. The smallest absolute Gasteiger partial charge is 0.137 e. The van der Waals surface area contributed by atoms with Gasteiger partial charge in [-0.25, -0.2) is 4.98 Å². The number of aliphatic hydroxyl groups excluding tert-OH is 1. The summed E-state index contributed by atoms with van der Waals surface area (Å²) in [6.45, 7) is 6.04. The standard InChI is InChI=1S/C25H27N3O2S/c1-15(2)30-23-10-7-17(11-18(23)12-26)25-27-13-24(31-25)21-6-4-5-20-19(21)8-9-22(20)28-16(3)14-29/h4-7,10-11,13,15-16,22,28-29H,8-9,14H2,1-3H3/t16-,22?/m1/s1. The van der Waals surface area contributed by atoms with E-state index in [1.807, 2.05) is 45.2 Å². The normalized spacial score (nSPS) is 16.2. The number of nitrogens with one attached hydrogen (secondary N) is 1. The van der Waals surface area contributed by atoms with E-state index in [2.05, 4.69) is 34.6 Å². The van der Waals surface area contributed by atoms with Gasteiger partial charge in [-0.1, -0.05) is 18.2 Å². The van der Waals surface area contributed by atoms with E-state index in [0.717, 1.165) is 28.3 Å². The van der Waals surface area contributed by atoms with Crippen LogP contribution < -0.4 is 10.1 Å². The molecule has 4 rings (SSSR count). The van der Waals surface area contributed by atoms with Crippen molar-refractivity contribution in [1.29, 1.82) is 5.26 Å². The van der Waals surface area contributed by atoms with Crippen molar-refractivity contribution in [3.8, 4) is 32.8 Å². The highest BCUT2D eigenvalue weighted by molar-refractivity contribution is 7.18. The molecular weight excluding hydrogens is 406 g/mol. The molecular formula is C25H27N3O2S. The molecule has 1 aliphatic rings. The zero-order valence-corrected chi connectivity index (χ0v) is 18.9. The van der Waals surface area contributed by atoms with Gasteiger partial charge in [0.2, 0.25) is 0 Å². The van der Waals surface area contributed by atoms with Crippen LogP contribution in [0.1, 0.15) is 49.9 Å². The number of fused-ring (bicyclic) bond motifs is 1. The summed E-state index contributed by atoms with van der Waals surface area (Å²) in [5.41, 5.74) is 5.35. The van der Waals surface area contributed by atoms with Gasteiger partial charge < -0.3 is 15.2 Å². The maximum Gasteiger partial charge on any atom is 0.137 e. The van der Waals surface area contributed by atoms with E-state index in [0.29, 0.717) is 11.3 Å². The highest BCUT2D eigenvalue weighted by Gasteiger charge is 2.26. The average molecular weight is 434 g/mol. The third-order valence-electron chi connectivity index (χ3n) is 5.51. The zero-order chi connectivity index (χ0) is 22.0. The number of hydrogen-bond acceptors (Lipinski definition) is 6. The minimum Gasteiger partial charge on any atom is -0.490 e. The fourth-order valence-corrected chi connectivity index (χ4v) is 5.06. The minimum atomic E-state index is 0.0169. The lowest BCUT2D eigenvalue weighted by atomic mass is 10.0. The summed E-state index contributed by atoms with van der Waals surface area (Å²) in [4.78, 5) is 5.78. The topological polar surface area (TPSA) is 78.2 Å². The Balaban J connectivity index is 1.63. The molecule has 1 unspecified atom stereocenters. The number of benzene rings is 2. The molecule has 2 atom stereocenters. The van der Waals surface area contributed by atoms with E-state index < -0.39 is 0 Å². The maximum atomic E-state index is 9.53. The van der Waals surface area contributed by atoms with E-state index >= 15 is 0 Å². The number of rotatable bonds is 7. The summed E-state index contributed by atoms with van der Waals surface area (Å²) in [5.74, 6) is 0.606. The lowest BCUT2D eigenvalue weighted by Gasteiger charge is -2.19. The SMILES string of the molecule is CC(C)Oc1ccc(-c2ncc(-c3cccc4c3CCC4N[C@H](C)CO)s2)cc1C#N. The van der Waals surface area contributed by atoms with Crippen LogP contribution in [0.3, 0.4) is 0 Å². The van der Waals surface area contributed by atoms with Gasteiger partial charge in [0.15, 0.2) is 0 Å². The first kappa shape index (κ1) is 21.5. The van der Waals surface area contributed by atoms with Crippen molar-refractivity contribution >= 4 is 11.3 Å². The first-order valence-electron chi connectivity index (χ1n) is 10.7. The zero-order valence-electron chi connectivity index (χ0n) is 18.1. The number of nitriles is 1. The summed E-state index contributed by atoms with van der Waals surface area (Å²) < 4.78 is 5.74. The maximum absolute atomic E-state index is 9.53.